The number of nitrogens with two attached hydrogens (primary N) is 3. The van der Waals surface area contributed by atoms with Crippen molar-refractivity contribution in [1.29, 1.82) is 0 Å². The number of amides is 1. The molecule has 0 aliphatic rings. The summed E-state index contributed by atoms with van der Waals surface area (Å²) in [7, 11) is 0. The number of carbonyl (C=O) groups is 1. The summed E-state index contributed by atoms with van der Waals surface area (Å²) in [5, 5.41) is 6.11. The Morgan fingerprint density at radius 1 is 0.771 bits per heavy atom. The molecule has 6 heteroatoms. The fourth-order valence-corrected chi connectivity index (χ4v) is 4.56. The smallest absolute Gasteiger partial charge is 0.251 e. The molecule has 0 aliphatic heterocycles. The monoisotopic (exact) mass is 462 g/mol. The van der Waals surface area contributed by atoms with Gasteiger partial charge in [-0.15, -0.1) is 0 Å². The van der Waals surface area contributed by atoms with Crippen molar-refractivity contribution in [3.8, 4) is 11.3 Å². The number of rotatable bonds is 6. The zero-order valence-electron chi connectivity index (χ0n) is 19.4. The van der Waals surface area contributed by atoms with E-state index >= 15 is 0 Å². The largest absolute Gasteiger partial charge is 0.399 e. The average molecular weight is 463 g/mol. The molecule has 6 nitrogen and oxygen atoms in total. The Labute approximate surface area is 204 Å². The first-order valence-corrected chi connectivity index (χ1v) is 11.6. The molecule has 4 aromatic carbocycles. The van der Waals surface area contributed by atoms with Crippen LogP contribution < -0.4 is 27.1 Å². The highest BCUT2D eigenvalue weighted by molar-refractivity contribution is 6.10. The SMILES string of the molecule is NCCNC(=O)c1ccc(C[n+]2c(-c3ccccc3)c3cc(N)ccc3c3ccc(N)cc32)cc1. The van der Waals surface area contributed by atoms with Crippen LogP contribution in [0.25, 0.3) is 32.9 Å². The van der Waals surface area contributed by atoms with Crippen molar-refractivity contribution in [1.82, 2.24) is 5.32 Å². The van der Waals surface area contributed by atoms with E-state index in [0.717, 1.165) is 38.5 Å². The van der Waals surface area contributed by atoms with E-state index in [-0.39, 0.29) is 5.91 Å². The molecule has 1 heterocycles. The number of aromatic nitrogens is 1. The molecule has 5 aromatic rings. The van der Waals surface area contributed by atoms with E-state index in [4.69, 9.17) is 17.2 Å². The Morgan fingerprint density at radius 3 is 2.17 bits per heavy atom. The van der Waals surface area contributed by atoms with Crippen LogP contribution in [0.4, 0.5) is 11.4 Å². The summed E-state index contributed by atoms with van der Waals surface area (Å²) in [5.41, 5.74) is 24.3. The van der Waals surface area contributed by atoms with Crippen molar-refractivity contribution in [2.24, 2.45) is 5.73 Å². The number of hydrogen-bond donors (Lipinski definition) is 4. The molecule has 5 rings (SSSR count). The first-order valence-electron chi connectivity index (χ1n) is 11.6. The molecular formula is C29H28N5O+. The van der Waals surface area contributed by atoms with Crippen LogP contribution in [-0.4, -0.2) is 19.0 Å². The highest BCUT2D eigenvalue weighted by Crippen LogP contribution is 2.33. The van der Waals surface area contributed by atoms with Gasteiger partial charge in [0.05, 0.1) is 10.8 Å². The number of hydrogen-bond acceptors (Lipinski definition) is 4. The lowest BCUT2D eigenvalue weighted by molar-refractivity contribution is -0.650. The summed E-state index contributed by atoms with van der Waals surface area (Å²) < 4.78 is 2.28. The predicted molar refractivity (Wildman–Crippen MR) is 143 cm³/mol. The van der Waals surface area contributed by atoms with Crippen LogP contribution >= 0.6 is 0 Å². The molecule has 0 saturated heterocycles. The number of benzene rings is 4. The van der Waals surface area contributed by atoms with Crippen molar-refractivity contribution >= 4 is 39.0 Å². The second-order valence-electron chi connectivity index (χ2n) is 8.62. The molecule has 0 fully saturated rings. The highest BCUT2D eigenvalue weighted by Gasteiger charge is 2.24. The summed E-state index contributed by atoms with van der Waals surface area (Å²) in [6.07, 6.45) is 0. The summed E-state index contributed by atoms with van der Waals surface area (Å²) in [6, 6.07) is 30.0. The van der Waals surface area contributed by atoms with E-state index in [0.29, 0.717) is 36.6 Å². The molecule has 1 amide bonds. The first-order chi connectivity index (χ1) is 17.0. The molecule has 35 heavy (non-hydrogen) atoms. The van der Waals surface area contributed by atoms with Gasteiger partial charge in [-0.1, -0.05) is 36.4 Å². The van der Waals surface area contributed by atoms with Gasteiger partial charge in [-0.25, -0.2) is 0 Å². The topological polar surface area (TPSA) is 111 Å². The van der Waals surface area contributed by atoms with Gasteiger partial charge in [-0.2, -0.15) is 4.57 Å². The Balaban J connectivity index is 1.72. The molecule has 0 spiro atoms. The minimum Gasteiger partial charge on any atom is -0.399 e. The molecule has 0 radical (unpaired) electrons. The fourth-order valence-electron chi connectivity index (χ4n) is 4.56. The summed E-state index contributed by atoms with van der Waals surface area (Å²) >= 11 is 0. The third-order valence-electron chi connectivity index (χ3n) is 6.21. The van der Waals surface area contributed by atoms with Crippen LogP contribution in [0.15, 0.2) is 91.0 Å². The minimum absolute atomic E-state index is 0.126. The lowest BCUT2D eigenvalue weighted by Gasteiger charge is -2.13. The molecule has 0 bridgehead atoms. The summed E-state index contributed by atoms with van der Waals surface area (Å²) in [5.74, 6) is -0.126. The molecule has 7 N–H and O–H groups in total. The van der Waals surface area contributed by atoms with Crippen molar-refractivity contribution in [3.05, 3.63) is 102 Å². The molecule has 0 unspecified atom stereocenters. The Kier molecular flexibility index (Phi) is 6.04. The molecule has 0 atom stereocenters. The molecule has 174 valence electrons. The second kappa shape index (κ2) is 9.44. The highest BCUT2D eigenvalue weighted by atomic mass is 16.1. The van der Waals surface area contributed by atoms with Crippen molar-refractivity contribution < 1.29 is 9.36 Å². The van der Waals surface area contributed by atoms with Crippen LogP contribution in [-0.2, 0) is 6.54 Å². The maximum absolute atomic E-state index is 12.3. The van der Waals surface area contributed by atoms with Crippen LogP contribution in [0.3, 0.4) is 0 Å². The van der Waals surface area contributed by atoms with E-state index in [1.807, 2.05) is 66.7 Å². The lowest BCUT2D eigenvalue weighted by Crippen LogP contribution is -2.38. The first kappa shape index (κ1) is 22.4. The van der Waals surface area contributed by atoms with Gasteiger partial charge in [0.25, 0.3) is 5.91 Å². The number of nitrogen functional groups attached to an aromatic ring is 2. The zero-order valence-corrected chi connectivity index (χ0v) is 19.4. The second-order valence-corrected chi connectivity index (χ2v) is 8.62. The molecular weight excluding hydrogens is 434 g/mol. The van der Waals surface area contributed by atoms with Crippen LogP contribution in [0, 0.1) is 0 Å². The number of pyridine rings is 1. The van der Waals surface area contributed by atoms with Gasteiger partial charge in [-0.3, -0.25) is 4.79 Å². The van der Waals surface area contributed by atoms with E-state index in [9.17, 15) is 4.79 Å². The number of nitrogens with one attached hydrogen (secondary N) is 1. The summed E-state index contributed by atoms with van der Waals surface area (Å²) in [4.78, 5) is 12.3. The number of fused-ring (bicyclic) bond motifs is 3. The molecule has 0 saturated carbocycles. The Hall–Kier alpha value is -4.42. The van der Waals surface area contributed by atoms with Gasteiger partial charge in [-0.05, 0) is 48.5 Å². The molecule has 0 aliphatic carbocycles. The maximum Gasteiger partial charge on any atom is 0.251 e. The Morgan fingerprint density at radius 2 is 1.46 bits per heavy atom. The quantitative estimate of drug-likeness (QED) is 0.174. The zero-order chi connectivity index (χ0) is 24.4. The van der Waals surface area contributed by atoms with Crippen LogP contribution in [0.2, 0.25) is 0 Å². The third-order valence-corrected chi connectivity index (χ3v) is 6.21. The summed E-state index contributed by atoms with van der Waals surface area (Å²) in [6.45, 7) is 1.45. The van der Waals surface area contributed by atoms with Crippen molar-refractivity contribution in [2.75, 3.05) is 24.6 Å². The maximum atomic E-state index is 12.3. The number of carbonyl (C=O) groups excluding carboxylic acids is 1. The molecule has 1 aromatic heterocycles. The van der Waals surface area contributed by atoms with E-state index in [1.165, 1.54) is 0 Å². The Bertz CT molecular complexity index is 1530. The minimum atomic E-state index is -0.126. The number of anilines is 2. The fraction of sp³-hybridized carbons (Fsp3) is 0.103. The van der Waals surface area contributed by atoms with Crippen LogP contribution in [0.5, 0.6) is 0 Å². The normalized spacial score (nSPS) is 11.1. The van der Waals surface area contributed by atoms with Crippen LogP contribution in [0.1, 0.15) is 15.9 Å². The lowest BCUT2D eigenvalue weighted by atomic mass is 9.97. The number of nitrogens with zero attached hydrogens (tertiary/aromatic N) is 1. The van der Waals surface area contributed by atoms with E-state index in [1.54, 1.807) is 0 Å². The van der Waals surface area contributed by atoms with E-state index in [2.05, 4.69) is 34.1 Å². The predicted octanol–water partition coefficient (Wildman–Crippen LogP) is 3.85. The van der Waals surface area contributed by atoms with Gasteiger partial charge in [0.1, 0.15) is 0 Å². The standard InChI is InChI=1S/C29H27N5O/c30-14-15-33-29(35)21-8-6-19(7-9-21)18-34-27-17-23(32)11-13-25(27)24-12-10-22(31)16-26(24)28(34)20-4-2-1-3-5-20/h1-13,16-17,32H,14-15,18,30-31H2,(H,33,35)/p+1. The third kappa shape index (κ3) is 4.39. The van der Waals surface area contributed by atoms with Crippen molar-refractivity contribution in [3.63, 3.8) is 0 Å². The van der Waals surface area contributed by atoms with Gasteiger partial charge in [0, 0.05) is 52.6 Å². The van der Waals surface area contributed by atoms with Gasteiger partial charge in [0.2, 0.25) is 11.2 Å². The van der Waals surface area contributed by atoms with E-state index < -0.39 is 0 Å². The van der Waals surface area contributed by atoms with Gasteiger partial charge >= 0.3 is 0 Å². The average Bonchev–Trinajstić information content (AvgIpc) is 2.88. The van der Waals surface area contributed by atoms with Crippen molar-refractivity contribution in [2.45, 2.75) is 6.54 Å². The van der Waals surface area contributed by atoms with Gasteiger partial charge in [0.15, 0.2) is 6.54 Å². The van der Waals surface area contributed by atoms with Gasteiger partial charge < -0.3 is 22.5 Å².